The number of carbonyl (C=O) groups excluding carboxylic acids is 1. The van der Waals surface area contributed by atoms with Crippen LogP contribution in [0.2, 0.25) is 0 Å². The largest absolute Gasteiger partial charge is 0.768 e. The summed E-state index contributed by atoms with van der Waals surface area (Å²) in [6.45, 7) is 0. The fourth-order valence-corrected chi connectivity index (χ4v) is 1.54. The van der Waals surface area contributed by atoms with E-state index in [1.807, 2.05) is 0 Å². The molecule has 94 valence electrons. The number of esters is 1. The highest BCUT2D eigenvalue weighted by molar-refractivity contribution is 7.79. The van der Waals surface area contributed by atoms with Crippen LogP contribution in [-0.4, -0.2) is 21.8 Å². The van der Waals surface area contributed by atoms with Gasteiger partial charge >= 0.3 is 12.1 Å². The lowest BCUT2D eigenvalue weighted by atomic mass is 10.1. The van der Waals surface area contributed by atoms with Crippen LogP contribution in [0.1, 0.15) is 15.9 Å². The highest BCUT2D eigenvalue weighted by Crippen LogP contribution is 2.31. The minimum absolute atomic E-state index is 0.440. The van der Waals surface area contributed by atoms with Crippen molar-refractivity contribution in [1.29, 1.82) is 0 Å². The molecule has 1 aromatic carbocycles. The predicted octanol–water partition coefficient (Wildman–Crippen LogP) is 1.73. The van der Waals surface area contributed by atoms with Crippen LogP contribution < -0.4 is 0 Å². The standard InChI is InChI=1S/C9H7F3O4S/c1-16-8(13)5-2-6(9(10,11)12)4-7(3-5)17(14)15/h2-4H,1H3,(H,14,15)/p-1. The molecule has 0 fully saturated rings. The lowest BCUT2D eigenvalue weighted by Crippen LogP contribution is -2.10. The number of carbonyl (C=O) groups is 1. The molecule has 1 atom stereocenters. The van der Waals surface area contributed by atoms with E-state index in [1.165, 1.54) is 0 Å². The normalized spacial score (nSPS) is 13.2. The van der Waals surface area contributed by atoms with Gasteiger partial charge in [0.15, 0.2) is 0 Å². The van der Waals surface area contributed by atoms with E-state index in [4.69, 9.17) is 0 Å². The molecule has 1 rings (SSSR count). The molecule has 17 heavy (non-hydrogen) atoms. The van der Waals surface area contributed by atoms with E-state index in [0.717, 1.165) is 13.2 Å². The Labute approximate surface area is 96.7 Å². The highest BCUT2D eigenvalue weighted by Gasteiger charge is 2.32. The van der Waals surface area contributed by atoms with Gasteiger partial charge in [-0.25, -0.2) is 4.79 Å². The van der Waals surface area contributed by atoms with E-state index in [9.17, 15) is 26.7 Å². The number of alkyl halides is 3. The maximum atomic E-state index is 12.4. The first-order valence-electron chi connectivity index (χ1n) is 4.15. The molecule has 8 heteroatoms. The van der Waals surface area contributed by atoms with Gasteiger partial charge < -0.3 is 9.29 Å². The maximum Gasteiger partial charge on any atom is 0.416 e. The van der Waals surface area contributed by atoms with Crippen LogP contribution in [0.5, 0.6) is 0 Å². The number of ether oxygens (including phenoxy) is 1. The molecule has 0 aliphatic carbocycles. The number of methoxy groups -OCH3 is 1. The van der Waals surface area contributed by atoms with Crippen LogP contribution in [0.15, 0.2) is 23.1 Å². The third-order valence-electron chi connectivity index (χ3n) is 1.85. The number of halogens is 3. The van der Waals surface area contributed by atoms with Gasteiger partial charge in [0.25, 0.3) is 0 Å². The molecule has 1 aromatic rings. The third-order valence-corrected chi connectivity index (χ3v) is 2.47. The average molecular weight is 267 g/mol. The second-order valence-electron chi connectivity index (χ2n) is 2.97. The molecule has 0 aliphatic heterocycles. The Morgan fingerprint density at radius 1 is 1.35 bits per heavy atom. The molecule has 0 bridgehead atoms. The monoisotopic (exact) mass is 267 g/mol. The van der Waals surface area contributed by atoms with Gasteiger partial charge in [0.05, 0.1) is 18.2 Å². The molecular weight excluding hydrogens is 261 g/mol. The minimum atomic E-state index is -4.74. The fourth-order valence-electron chi connectivity index (χ4n) is 1.09. The van der Waals surface area contributed by atoms with Gasteiger partial charge in [0.2, 0.25) is 0 Å². The van der Waals surface area contributed by atoms with Crippen molar-refractivity contribution in [3.63, 3.8) is 0 Å². The minimum Gasteiger partial charge on any atom is -0.768 e. The Bertz CT molecular complexity index is 470. The number of rotatable bonds is 2. The molecule has 0 saturated heterocycles. The maximum absolute atomic E-state index is 12.4. The van der Waals surface area contributed by atoms with Gasteiger partial charge in [-0.05, 0) is 29.3 Å². The smallest absolute Gasteiger partial charge is 0.416 e. The number of hydrogen-bond acceptors (Lipinski definition) is 4. The molecule has 0 aromatic heterocycles. The molecule has 0 aliphatic rings. The lowest BCUT2D eigenvalue weighted by molar-refractivity contribution is -0.137. The summed E-state index contributed by atoms with van der Waals surface area (Å²) in [6, 6.07) is 1.78. The van der Waals surface area contributed by atoms with Crippen LogP contribution >= 0.6 is 0 Å². The Kier molecular flexibility index (Phi) is 3.89. The van der Waals surface area contributed by atoms with Crippen LogP contribution in [-0.2, 0) is 22.0 Å². The van der Waals surface area contributed by atoms with Crippen molar-refractivity contribution in [3.8, 4) is 0 Å². The summed E-state index contributed by atoms with van der Waals surface area (Å²) in [4.78, 5) is 10.5. The van der Waals surface area contributed by atoms with Crippen LogP contribution in [0.4, 0.5) is 13.2 Å². The zero-order valence-corrected chi connectivity index (χ0v) is 9.22. The van der Waals surface area contributed by atoms with E-state index in [-0.39, 0.29) is 0 Å². The summed E-state index contributed by atoms with van der Waals surface area (Å²) in [7, 11) is 0.983. The van der Waals surface area contributed by atoms with Gasteiger partial charge in [-0.3, -0.25) is 4.21 Å². The zero-order valence-electron chi connectivity index (χ0n) is 8.41. The van der Waals surface area contributed by atoms with E-state index in [2.05, 4.69) is 4.74 Å². The van der Waals surface area contributed by atoms with E-state index in [0.29, 0.717) is 12.1 Å². The van der Waals surface area contributed by atoms with Crippen LogP contribution in [0.3, 0.4) is 0 Å². The summed E-state index contributed by atoms with van der Waals surface area (Å²) in [5.41, 5.74) is -1.69. The number of benzene rings is 1. The molecule has 0 N–H and O–H groups in total. The summed E-state index contributed by atoms with van der Waals surface area (Å²) in [6.07, 6.45) is -4.74. The van der Waals surface area contributed by atoms with Crippen molar-refractivity contribution in [2.24, 2.45) is 0 Å². The molecule has 0 amide bonds. The molecule has 0 saturated carbocycles. The van der Waals surface area contributed by atoms with E-state index in [1.54, 1.807) is 0 Å². The van der Waals surface area contributed by atoms with Gasteiger partial charge in [-0.2, -0.15) is 13.2 Å². The summed E-state index contributed by atoms with van der Waals surface area (Å²) in [5.74, 6) is -1.04. The predicted molar refractivity (Wildman–Crippen MR) is 50.0 cm³/mol. The van der Waals surface area contributed by atoms with Gasteiger partial charge in [-0.1, -0.05) is 0 Å². The first kappa shape index (κ1) is 13.7. The molecule has 1 unspecified atom stereocenters. The SMILES string of the molecule is COC(=O)c1cc(S(=O)[O-])cc(C(F)(F)F)c1. The molecule has 0 heterocycles. The first-order chi connectivity index (χ1) is 7.75. The summed E-state index contributed by atoms with van der Waals surface area (Å²) in [5, 5.41) is 0. The Hall–Kier alpha value is -1.41. The van der Waals surface area contributed by atoms with Gasteiger partial charge in [-0.15, -0.1) is 0 Å². The topological polar surface area (TPSA) is 66.4 Å². The van der Waals surface area contributed by atoms with Crippen molar-refractivity contribution in [3.05, 3.63) is 29.3 Å². The third kappa shape index (κ3) is 3.27. The summed E-state index contributed by atoms with van der Waals surface area (Å²) >= 11 is -2.86. The highest BCUT2D eigenvalue weighted by atomic mass is 32.2. The van der Waals surface area contributed by atoms with Crippen LogP contribution in [0, 0.1) is 0 Å². The van der Waals surface area contributed by atoms with Crippen molar-refractivity contribution >= 4 is 17.0 Å². The van der Waals surface area contributed by atoms with Gasteiger partial charge in [0, 0.05) is 4.90 Å². The Morgan fingerprint density at radius 2 is 1.94 bits per heavy atom. The average Bonchev–Trinajstić information content (AvgIpc) is 2.26. The second-order valence-corrected chi connectivity index (χ2v) is 3.91. The van der Waals surface area contributed by atoms with E-state index >= 15 is 0 Å². The number of hydrogen-bond donors (Lipinski definition) is 0. The Balaban J connectivity index is 3.39. The zero-order chi connectivity index (χ0) is 13.2. The Morgan fingerprint density at radius 3 is 2.35 bits per heavy atom. The molecule has 0 spiro atoms. The fraction of sp³-hybridized carbons (Fsp3) is 0.222. The van der Waals surface area contributed by atoms with Crippen molar-refractivity contribution < 1.29 is 31.5 Å². The summed E-state index contributed by atoms with van der Waals surface area (Å²) < 4.78 is 62.8. The van der Waals surface area contributed by atoms with Crippen molar-refractivity contribution in [2.75, 3.05) is 7.11 Å². The van der Waals surface area contributed by atoms with Crippen LogP contribution in [0.25, 0.3) is 0 Å². The molecular formula is C9H6F3O4S-. The van der Waals surface area contributed by atoms with E-state index < -0.39 is 39.2 Å². The van der Waals surface area contributed by atoms with Gasteiger partial charge in [0.1, 0.15) is 0 Å². The molecule has 4 nitrogen and oxygen atoms in total. The first-order valence-corrected chi connectivity index (χ1v) is 5.23. The van der Waals surface area contributed by atoms with Crippen molar-refractivity contribution in [1.82, 2.24) is 0 Å². The quantitative estimate of drug-likeness (QED) is 0.604. The lowest BCUT2D eigenvalue weighted by Gasteiger charge is -2.12. The van der Waals surface area contributed by atoms with Crippen molar-refractivity contribution in [2.45, 2.75) is 11.1 Å². The second kappa shape index (κ2) is 4.84. The molecule has 0 radical (unpaired) electrons.